The van der Waals surface area contributed by atoms with Crippen LogP contribution in [-0.4, -0.2) is 40.6 Å². The van der Waals surface area contributed by atoms with Gasteiger partial charge in [-0.3, -0.25) is 4.79 Å². The van der Waals surface area contributed by atoms with Crippen molar-refractivity contribution in [1.29, 1.82) is 0 Å². The number of halogens is 1. The molecule has 23 heavy (non-hydrogen) atoms. The van der Waals surface area contributed by atoms with E-state index in [0.29, 0.717) is 35.6 Å². The Labute approximate surface area is 139 Å². The summed E-state index contributed by atoms with van der Waals surface area (Å²) in [4.78, 5) is 18.3. The lowest BCUT2D eigenvalue weighted by atomic mass is 10.1. The lowest BCUT2D eigenvalue weighted by molar-refractivity contribution is -0.132. The molecule has 6 nitrogen and oxygen atoms in total. The van der Waals surface area contributed by atoms with Crippen molar-refractivity contribution in [3.8, 4) is 5.75 Å². The summed E-state index contributed by atoms with van der Waals surface area (Å²) in [6, 6.07) is 5.41. The van der Waals surface area contributed by atoms with Crippen molar-refractivity contribution in [2.45, 2.75) is 26.2 Å². The minimum absolute atomic E-state index is 0.00321. The zero-order chi connectivity index (χ0) is 16.4. The normalized spacial score (nSPS) is 17.5. The topological polar surface area (TPSA) is 68.5 Å². The van der Waals surface area contributed by atoms with Gasteiger partial charge in [0.15, 0.2) is 12.4 Å². The van der Waals surface area contributed by atoms with E-state index in [9.17, 15) is 4.79 Å². The number of carbonyl (C=O) groups excluding carboxylic acids is 1. The molecular formula is C16H18ClN3O3. The number of hydrogen-bond acceptors (Lipinski definition) is 5. The molecule has 1 aliphatic heterocycles. The maximum Gasteiger partial charge on any atom is 0.260 e. The van der Waals surface area contributed by atoms with E-state index in [0.717, 1.165) is 12.0 Å². The zero-order valence-corrected chi connectivity index (χ0v) is 13.8. The van der Waals surface area contributed by atoms with Crippen molar-refractivity contribution in [3.63, 3.8) is 0 Å². The lowest BCUT2D eigenvalue weighted by Gasteiger charge is -2.17. The molecule has 0 spiro atoms. The average molecular weight is 336 g/mol. The molecule has 1 unspecified atom stereocenters. The average Bonchev–Trinajstić information content (AvgIpc) is 3.17. The van der Waals surface area contributed by atoms with Crippen LogP contribution in [0.5, 0.6) is 5.75 Å². The molecule has 1 fully saturated rings. The fourth-order valence-corrected chi connectivity index (χ4v) is 2.81. The van der Waals surface area contributed by atoms with Crippen molar-refractivity contribution >= 4 is 17.5 Å². The summed E-state index contributed by atoms with van der Waals surface area (Å²) in [5, 5.41) is 4.43. The van der Waals surface area contributed by atoms with Crippen molar-refractivity contribution in [1.82, 2.24) is 15.0 Å². The van der Waals surface area contributed by atoms with E-state index in [-0.39, 0.29) is 18.4 Å². The van der Waals surface area contributed by atoms with Crippen LogP contribution in [0.2, 0.25) is 5.02 Å². The Morgan fingerprint density at radius 3 is 3.04 bits per heavy atom. The van der Waals surface area contributed by atoms with E-state index in [2.05, 4.69) is 10.1 Å². The molecule has 1 amide bonds. The van der Waals surface area contributed by atoms with Gasteiger partial charge in [-0.05, 0) is 32.4 Å². The van der Waals surface area contributed by atoms with Crippen LogP contribution in [-0.2, 0) is 4.79 Å². The monoisotopic (exact) mass is 335 g/mol. The van der Waals surface area contributed by atoms with Crippen LogP contribution >= 0.6 is 11.6 Å². The van der Waals surface area contributed by atoms with Crippen molar-refractivity contribution in [2.75, 3.05) is 19.7 Å². The summed E-state index contributed by atoms with van der Waals surface area (Å²) >= 11 is 6.05. The third-order valence-electron chi connectivity index (χ3n) is 4.00. The van der Waals surface area contributed by atoms with E-state index >= 15 is 0 Å². The van der Waals surface area contributed by atoms with Crippen molar-refractivity contribution in [3.05, 3.63) is 40.5 Å². The van der Waals surface area contributed by atoms with Crippen molar-refractivity contribution < 1.29 is 14.1 Å². The number of aryl methyl sites for hydroxylation is 1. The minimum Gasteiger partial charge on any atom is -0.483 e. The largest absolute Gasteiger partial charge is 0.483 e. The molecular weight excluding hydrogens is 318 g/mol. The quantitative estimate of drug-likeness (QED) is 0.859. The molecule has 0 aliphatic carbocycles. The minimum atomic E-state index is -0.0527. The summed E-state index contributed by atoms with van der Waals surface area (Å²) < 4.78 is 10.8. The molecule has 3 rings (SSSR count). The first-order valence-corrected chi connectivity index (χ1v) is 7.88. The predicted octanol–water partition coefficient (Wildman–Crippen LogP) is 2.73. The standard InChI is InChI=1S/C16H18ClN3O3/c1-10-13(17)4-3-5-14(10)22-9-15(21)20-7-6-12(8-20)16-18-11(2)19-23-16/h3-5,12H,6-9H2,1-2H3. The number of likely N-dealkylation sites (tertiary alicyclic amines) is 1. The molecule has 1 saturated heterocycles. The van der Waals surface area contributed by atoms with Crippen LogP contribution in [0.1, 0.15) is 29.6 Å². The number of carbonyl (C=O) groups is 1. The zero-order valence-electron chi connectivity index (χ0n) is 13.1. The Bertz CT molecular complexity index is 716. The smallest absolute Gasteiger partial charge is 0.260 e. The maximum atomic E-state index is 12.3. The van der Waals surface area contributed by atoms with Crippen LogP contribution in [0.4, 0.5) is 0 Å². The van der Waals surface area contributed by atoms with Crippen LogP contribution < -0.4 is 4.74 Å². The highest BCUT2D eigenvalue weighted by Gasteiger charge is 2.31. The molecule has 122 valence electrons. The lowest BCUT2D eigenvalue weighted by Crippen LogP contribution is -2.33. The second-order valence-corrected chi connectivity index (χ2v) is 6.06. The highest BCUT2D eigenvalue weighted by molar-refractivity contribution is 6.31. The van der Waals surface area contributed by atoms with E-state index in [1.54, 1.807) is 24.0 Å². The van der Waals surface area contributed by atoms with Gasteiger partial charge in [0.25, 0.3) is 5.91 Å². The fourth-order valence-electron chi connectivity index (χ4n) is 2.64. The number of benzene rings is 1. The van der Waals surface area contributed by atoms with Crippen LogP contribution in [0.25, 0.3) is 0 Å². The second-order valence-electron chi connectivity index (χ2n) is 5.66. The number of nitrogens with zero attached hydrogens (tertiary/aromatic N) is 3. The van der Waals surface area contributed by atoms with E-state index in [1.165, 1.54) is 0 Å². The molecule has 7 heteroatoms. The molecule has 0 saturated carbocycles. The Kier molecular flexibility index (Phi) is 4.52. The van der Waals surface area contributed by atoms with Gasteiger partial charge < -0.3 is 14.2 Å². The number of ether oxygens (including phenoxy) is 1. The van der Waals surface area contributed by atoms with Crippen LogP contribution in [0.3, 0.4) is 0 Å². The maximum absolute atomic E-state index is 12.3. The van der Waals surface area contributed by atoms with Gasteiger partial charge in [0.2, 0.25) is 5.89 Å². The van der Waals surface area contributed by atoms with Gasteiger partial charge in [-0.2, -0.15) is 4.98 Å². The molecule has 1 aromatic carbocycles. The molecule has 2 aromatic rings. The summed E-state index contributed by atoms with van der Waals surface area (Å²) in [6.45, 7) is 4.90. The summed E-state index contributed by atoms with van der Waals surface area (Å²) in [5.74, 6) is 1.90. The van der Waals surface area contributed by atoms with Crippen LogP contribution in [0, 0.1) is 13.8 Å². The Balaban J connectivity index is 1.56. The van der Waals surface area contributed by atoms with Gasteiger partial charge in [0.05, 0.1) is 5.92 Å². The Morgan fingerprint density at radius 1 is 1.48 bits per heavy atom. The highest BCUT2D eigenvalue weighted by atomic mass is 35.5. The number of rotatable bonds is 4. The predicted molar refractivity (Wildman–Crippen MR) is 84.7 cm³/mol. The molecule has 1 aliphatic rings. The van der Waals surface area contributed by atoms with E-state index in [1.807, 2.05) is 13.0 Å². The fraction of sp³-hybridized carbons (Fsp3) is 0.438. The van der Waals surface area contributed by atoms with E-state index in [4.69, 9.17) is 20.9 Å². The molecule has 1 aromatic heterocycles. The summed E-state index contributed by atoms with van der Waals surface area (Å²) in [6.07, 6.45) is 0.823. The van der Waals surface area contributed by atoms with Gasteiger partial charge in [0.1, 0.15) is 5.75 Å². The number of hydrogen-bond donors (Lipinski definition) is 0. The molecule has 0 bridgehead atoms. The first-order valence-electron chi connectivity index (χ1n) is 7.50. The number of aromatic nitrogens is 2. The summed E-state index contributed by atoms with van der Waals surface area (Å²) in [7, 11) is 0. The molecule has 0 radical (unpaired) electrons. The third-order valence-corrected chi connectivity index (χ3v) is 4.41. The Morgan fingerprint density at radius 2 is 2.30 bits per heavy atom. The van der Waals surface area contributed by atoms with Gasteiger partial charge in [-0.1, -0.05) is 22.8 Å². The van der Waals surface area contributed by atoms with Gasteiger partial charge >= 0.3 is 0 Å². The number of amides is 1. The molecule has 0 N–H and O–H groups in total. The van der Waals surface area contributed by atoms with Gasteiger partial charge in [-0.25, -0.2) is 0 Å². The summed E-state index contributed by atoms with van der Waals surface area (Å²) in [5.41, 5.74) is 0.836. The van der Waals surface area contributed by atoms with Crippen LogP contribution in [0.15, 0.2) is 22.7 Å². The first-order chi connectivity index (χ1) is 11.0. The van der Waals surface area contributed by atoms with Crippen molar-refractivity contribution in [2.24, 2.45) is 0 Å². The SMILES string of the molecule is Cc1noc(C2CCN(C(=O)COc3cccc(Cl)c3C)C2)n1. The van der Waals surface area contributed by atoms with E-state index < -0.39 is 0 Å². The van der Waals surface area contributed by atoms with Gasteiger partial charge in [0, 0.05) is 23.7 Å². The first kappa shape index (κ1) is 15.8. The molecule has 1 atom stereocenters. The highest BCUT2D eigenvalue weighted by Crippen LogP contribution is 2.27. The Hall–Kier alpha value is -2.08. The second kappa shape index (κ2) is 6.58. The van der Waals surface area contributed by atoms with Gasteiger partial charge in [-0.15, -0.1) is 0 Å². The third kappa shape index (κ3) is 3.47. The molecule has 2 heterocycles.